The van der Waals surface area contributed by atoms with Crippen molar-refractivity contribution < 1.29 is 0 Å². The fourth-order valence-electron chi connectivity index (χ4n) is 0.838. The maximum Gasteiger partial charge on any atom is 0.152 e. The van der Waals surface area contributed by atoms with Gasteiger partial charge in [-0.3, -0.25) is 0 Å². The third-order valence-corrected chi connectivity index (χ3v) is 1.93. The Morgan fingerprint density at radius 2 is 2.17 bits per heavy atom. The Labute approximate surface area is 76.6 Å². The molecule has 1 rings (SSSR count). The van der Waals surface area contributed by atoms with Crippen molar-refractivity contribution >= 4 is 11.6 Å². The molecule has 0 saturated heterocycles. The molecule has 0 fully saturated rings. The van der Waals surface area contributed by atoms with E-state index in [1.54, 1.807) is 12.1 Å². The highest BCUT2D eigenvalue weighted by atomic mass is 35.5. The van der Waals surface area contributed by atoms with Crippen molar-refractivity contribution in [1.82, 2.24) is 0 Å². The Kier molecular flexibility index (Phi) is 2.75. The minimum atomic E-state index is 0.680. The fraction of sp³-hybridized carbons (Fsp3) is 0.100. The summed E-state index contributed by atoms with van der Waals surface area (Å²) >= 11 is 5.84. The van der Waals surface area contributed by atoms with E-state index in [4.69, 9.17) is 16.9 Å². The van der Waals surface area contributed by atoms with E-state index >= 15 is 0 Å². The van der Waals surface area contributed by atoms with Crippen LogP contribution in [-0.2, 0) is 0 Å². The lowest BCUT2D eigenvalue weighted by Gasteiger charge is -1.98. The van der Waals surface area contributed by atoms with Crippen LogP contribution in [0.2, 0.25) is 5.02 Å². The zero-order chi connectivity index (χ0) is 8.97. The van der Waals surface area contributed by atoms with Crippen molar-refractivity contribution in [2.24, 2.45) is 0 Å². The fourth-order valence-corrected chi connectivity index (χ4v) is 1.01. The second-order valence-corrected chi connectivity index (χ2v) is 2.68. The predicted octanol–water partition coefficient (Wildman–Crippen LogP) is 2.52. The normalized spacial score (nSPS) is 8.08. The molecule has 0 amide bonds. The quantitative estimate of drug-likeness (QED) is 0.556. The number of nitrogens with zero attached hydrogens (tertiary/aromatic N) is 1. The molecule has 0 atom stereocenters. The lowest BCUT2D eigenvalue weighted by atomic mass is 10.1. The summed E-state index contributed by atoms with van der Waals surface area (Å²) in [7, 11) is 0. The highest BCUT2D eigenvalue weighted by Gasteiger charge is 1.97. The molecule has 0 aliphatic rings. The molecule has 0 unspecified atom stereocenters. The third kappa shape index (κ3) is 1.78. The molecule has 58 valence electrons. The van der Waals surface area contributed by atoms with Crippen LogP contribution in [0.15, 0.2) is 18.2 Å². The van der Waals surface area contributed by atoms with E-state index in [2.05, 4.69) is 11.8 Å². The average molecular weight is 176 g/mol. The smallest absolute Gasteiger partial charge is 0.152 e. The van der Waals surface area contributed by atoms with Gasteiger partial charge in [-0.1, -0.05) is 23.6 Å². The number of halogens is 1. The van der Waals surface area contributed by atoms with Crippen molar-refractivity contribution in [3.63, 3.8) is 0 Å². The predicted molar refractivity (Wildman–Crippen MR) is 48.7 cm³/mol. The molecule has 1 nitrogen and oxygen atoms in total. The molecule has 12 heavy (non-hydrogen) atoms. The van der Waals surface area contributed by atoms with Crippen molar-refractivity contribution in [3.8, 4) is 17.9 Å². The van der Waals surface area contributed by atoms with Crippen LogP contribution in [0.5, 0.6) is 0 Å². The molecule has 0 saturated carbocycles. The third-order valence-electron chi connectivity index (χ3n) is 1.52. The molecular weight excluding hydrogens is 170 g/mol. The molecule has 0 spiro atoms. The van der Waals surface area contributed by atoms with E-state index in [0.29, 0.717) is 5.02 Å². The van der Waals surface area contributed by atoms with Crippen LogP contribution in [0.25, 0.3) is 0 Å². The van der Waals surface area contributed by atoms with Gasteiger partial charge in [0.2, 0.25) is 0 Å². The summed E-state index contributed by atoms with van der Waals surface area (Å²) in [5.41, 5.74) is 1.73. The number of rotatable bonds is 0. The molecule has 0 radical (unpaired) electrons. The highest BCUT2D eigenvalue weighted by Crippen LogP contribution is 2.17. The van der Waals surface area contributed by atoms with Crippen LogP contribution in [0, 0.1) is 30.1 Å². The molecule has 1 aromatic rings. The van der Waals surface area contributed by atoms with Crippen molar-refractivity contribution in [2.45, 2.75) is 6.92 Å². The Hall–Kier alpha value is -1.44. The minimum absolute atomic E-state index is 0.680. The molecule has 0 bridgehead atoms. The molecule has 0 aliphatic heterocycles. The lowest BCUT2D eigenvalue weighted by Crippen LogP contribution is -1.81. The number of nitriles is 1. The Morgan fingerprint density at radius 1 is 1.42 bits per heavy atom. The topological polar surface area (TPSA) is 23.8 Å². The second kappa shape index (κ2) is 3.81. The minimum Gasteiger partial charge on any atom is -0.183 e. The van der Waals surface area contributed by atoms with Crippen molar-refractivity contribution in [2.75, 3.05) is 0 Å². The SMILES string of the molecule is Cc1c(Cl)cccc1C#CC#N. The zero-order valence-electron chi connectivity index (χ0n) is 6.56. The van der Waals surface area contributed by atoms with E-state index in [1.807, 2.05) is 19.1 Å². The summed E-state index contributed by atoms with van der Waals surface area (Å²) in [4.78, 5) is 0. The molecule has 0 N–H and O–H groups in total. The first-order valence-electron chi connectivity index (χ1n) is 3.41. The van der Waals surface area contributed by atoms with E-state index in [0.717, 1.165) is 11.1 Å². The largest absolute Gasteiger partial charge is 0.183 e. The summed E-state index contributed by atoms with van der Waals surface area (Å²) in [6, 6.07) is 7.21. The molecule has 1 aromatic carbocycles. The van der Waals surface area contributed by atoms with Crippen molar-refractivity contribution in [1.29, 1.82) is 5.26 Å². The maximum atomic E-state index is 8.23. The van der Waals surface area contributed by atoms with Gasteiger partial charge in [-0.25, -0.2) is 0 Å². The number of hydrogen-bond donors (Lipinski definition) is 0. The van der Waals surface area contributed by atoms with E-state index in [-0.39, 0.29) is 0 Å². The van der Waals surface area contributed by atoms with Gasteiger partial charge in [0.15, 0.2) is 6.07 Å². The van der Waals surface area contributed by atoms with Gasteiger partial charge >= 0.3 is 0 Å². The summed E-state index contributed by atoms with van der Waals surface area (Å²) < 4.78 is 0. The van der Waals surface area contributed by atoms with Crippen LogP contribution in [0.3, 0.4) is 0 Å². The van der Waals surface area contributed by atoms with E-state index in [9.17, 15) is 0 Å². The molecular formula is C10H6ClN. The Morgan fingerprint density at radius 3 is 2.83 bits per heavy atom. The first-order valence-corrected chi connectivity index (χ1v) is 3.78. The molecule has 2 heteroatoms. The molecule has 0 aromatic heterocycles. The van der Waals surface area contributed by atoms with Crippen LogP contribution >= 0.6 is 11.6 Å². The van der Waals surface area contributed by atoms with Crippen LogP contribution in [0.1, 0.15) is 11.1 Å². The van der Waals surface area contributed by atoms with Gasteiger partial charge in [0.1, 0.15) is 0 Å². The van der Waals surface area contributed by atoms with Gasteiger partial charge in [-0.2, -0.15) is 5.26 Å². The number of hydrogen-bond acceptors (Lipinski definition) is 1. The first-order chi connectivity index (χ1) is 5.75. The van der Waals surface area contributed by atoms with E-state index < -0.39 is 0 Å². The number of benzene rings is 1. The summed E-state index contributed by atoms with van der Waals surface area (Å²) in [5.74, 6) is 5.04. The molecule has 0 aliphatic carbocycles. The van der Waals surface area contributed by atoms with Gasteiger partial charge in [0.05, 0.1) is 0 Å². The van der Waals surface area contributed by atoms with Gasteiger partial charge in [0.25, 0.3) is 0 Å². The standard InChI is InChI=1S/C10H6ClN/c1-8-9(5-3-7-12)4-2-6-10(8)11/h2,4,6H,1H3. The van der Waals surface area contributed by atoms with Gasteiger partial charge in [0, 0.05) is 16.5 Å². The van der Waals surface area contributed by atoms with Gasteiger partial charge < -0.3 is 0 Å². The summed E-state index contributed by atoms with van der Waals surface area (Å²) in [6.07, 6.45) is 0. The van der Waals surface area contributed by atoms with Gasteiger partial charge in [-0.05, 0) is 24.6 Å². The van der Waals surface area contributed by atoms with Crippen LogP contribution < -0.4 is 0 Å². The summed E-state index contributed by atoms with van der Waals surface area (Å²) in [6.45, 7) is 1.88. The van der Waals surface area contributed by atoms with Gasteiger partial charge in [-0.15, -0.1) is 0 Å². The lowest BCUT2D eigenvalue weighted by molar-refractivity contribution is 1.44. The summed E-state index contributed by atoms with van der Waals surface area (Å²) in [5, 5.41) is 8.91. The van der Waals surface area contributed by atoms with Crippen molar-refractivity contribution in [3.05, 3.63) is 34.3 Å². The maximum absolute atomic E-state index is 8.23. The average Bonchev–Trinajstić information content (AvgIpc) is 2.08. The zero-order valence-corrected chi connectivity index (χ0v) is 7.31. The first kappa shape index (κ1) is 8.65. The van der Waals surface area contributed by atoms with Crippen LogP contribution in [-0.4, -0.2) is 0 Å². The Bertz CT molecular complexity index is 391. The van der Waals surface area contributed by atoms with Crippen LogP contribution in [0.4, 0.5) is 0 Å². The highest BCUT2D eigenvalue weighted by molar-refractivity contribution is 6.31. The molecule has 0 heterocycles. The van der Waals surface area contributed by atoms with E-state index in [1.165, 1.54) is 0 Å². The Balaban J connectivity index is 3.19. The second-order valence-electron chi connectivity index (χ2n) is 2.27. The monoisotopic (exact) mass is 175 g/mol.